The number of sulfonamides is 1. The van der Waals surface area contributed by atoms with Crippen LogP contribution in [0.1, 0.15) is 12.5 Å². The van der Waals surface area contributed by atoms with E-state index in [0.29, 0.717) is 5.56 Å². The first-order valence-electron chi connectivity index (χ1n) is 6.82. The molecule has 9 heteroatoms. The molecule has 0 amide bonds. The van der Waals surface area contributed by atoms with Crippen molar-refractivity contribution in [1.82, 2.24) is 4.72 Å². The summed E-state index contributed by atoms with van der Waals surface area (Å²) in [6, 6.07) is 8.18. The summed E-state index contributed by atoms with van der Waals surface area (Å²) in [5.74, 6) is -9.52. The molecule has 0 fully saturated rings. The lowest BCUT2D eigenvalue weighted by Crippen LogP contribution is -2.26. The number of halogens is 4. The molecule has 0 aliphatic carbocycles. The van der Waals surface area contributed by atoms with Crippen LogP contribution in [0.2, 0.25) is 0 Å². The van der Waals surface area contributed by atoms with Gasteiger partial charge in [-0.25, -0.2) is 26.3 Å². The maximum Gasteiger partial charge on any atom is 0.247 e. The summed E-state index contributed by atoms with van der Waals surface area (Å²) in [6.45, 7) is 0.823. The van der Waals surface area contributed by atoms with Crippen molar-refractivity contribution < 1.29 is 30.7 Å². The van der Waals surface area contributed by atoms with Crippen molar-refractivity contribution in [2.45, 2.75) is 18.4 Å². The molecular weight excluding hydrogens is 350 g/mol. The highest BCUT2D eigenvalue weighted by atomic mass is 32.2. The molecular formula is C15H13F4NO3S. The summed E-state index contributed by atoms with van der Waals surface area (Å²) in [4.78, 5) is -1.41. The molecule has 0 saturated heterocycles. The van der Waals surface area contributed by atoms with Gasteiger partial charge in [0.25, 0.3) is 0 Å². The maximum absolute atomic E-state index is 14.0. The molecule has 1 N–H and O–H groups in total. The lowest BCUT2D eigenvalue weighted by Gasteiger charge is -2.14. The van der Waals surface area contributed by atoms with Gasteiger partial charge in [-0.15, -0.1) is 0 Å². The number of benzene rings is 2. The topological polar surface area (TPSA) is 55.4 Å². The van der Waals surface area contributed by atoms with E-state index in [9.17, 15) is 26.0 Å². The van der Waals surface area contributed by atoms with Gasteiger partial charge in [0, 0.05) is 6.54 Å². The fraction of sp³-hybridized carbons (Fsp3) is 0.200. The molecule has 0 radical (unpaired) electrons. The zero-order valence-electron chi connectivity index (χ0n) is 12.4. The molecule has 24 heavy (non-hydrogen) atoms. The van der Waals surface area contributed by atoms with Crippen LogP contribution in [0.5, 0.6) is 5.75 Å². The van der Waals surface area contributed by atoms with Gasteiger partial charge in [0.15, 0.2) is 22.3 Å². The van der Waals surface area contributed by atoms with Gasteiger partial charge in [-0.3, -0.25) is 0 Å². The first kappa shape index (κ1) is 18.2. The minimum atomic E-state index is -4.70. The van der Waals surface area contributed by atoms with E-state index in [1.165, 1.54) is 6.92 Å². The van der Waals surface area contributed by atoms with Gasteiger partial charge in [-0.2, -0.15) is 4.39 Å². The van der Waals surface area contributed by atoms with E-state index in [0.717, 1.165) is 0 Å². The van der Waals surface area contributed by atoms with E-state index in [4.69, 9.17) is 0 Å². The predicted molar refractivity (Wildman–Crippen MR) is 77.9 cm³/mol. The van der Waals surface area contributed by atoms with E-state index in [1.54, 1.807) is 30.3 Å². The Morgan fingerprint density at radius 1 is 0.958 bits per heavy atom. The van der Waals surface area contributed by atoms with Crippen LogP contribution in [-0.4, -0.2) is 15.0 Å². The van der Waals surface area contributed by atoms with Crippen molar-refractivity contribution in [3.05, 3.63) is 59.2 Å². The minimum Gasteiger partial charge on any atom is -0.489 e. The molecule has 0 spiro atoms. The molecule has 130 valence electrons. The van der Waals surface area contributed by atoms with Gasteiger partial charge in [0.1, 0.15) is 0 Å². The fourth-order valence-electron chi connectivity index (χ4n) is 1.95. The molecule has 0 atom stereocenters. The van der Waals surface area contributed by atoms with Gasteiger partial charge >= 0.3 is 0 Å². The largest absolute Gasteiger partial charge is 0.489 e. The maximum atomic E-state index is 14.0. The molecule has 0 bridgehead atoms. The van der Waals surface area contributed by atoms with Crippen molar-refractivity contribution in [2.75, 3.05) is 6.61 Å². The molecule has 0 aromatic heterocycles. The lowest BCUT2D eigenvalue weighted by molar-refractivity contribution is 0.287. The molecule has 2 rings (SSSR count). The Kier molecular flexibility index (Phi) is 5.45. The molecule has 4 nitrogen and oxygen atoms in total. The third-order valence-electron chi connectivity index (χ3n) is 3.05. The zero-order chi connectivity index (χ0) is 17.9. The summed E-state index contributed by atoms with van der Waals surface area (Å²) < 4.78 is 85.7. The second kappa shape index (κ2) is 7.18. The average Bonchev–Trinajstić information content (AvgIpc) is 2.57. The second-order valence-corrected chi connectivity index (χ2v) is 6.36. The van der Waals surface area contributed by atoms with E-state index < -0.39 is 43.9 Å². The average molecular weight is 363 g/mol. The lowest BCUT2D eigenvalue weighted by atomic mass is 10.2. The van der Waals surface area contributed by atoms with Crippen molar-refractivity contribution in [3.8, 4) is 5.75 Å². The number of hydrogen-bond donors (Lipinski definition) is 1. The highest BCUT2D eigenvalue weighted by molar-refractivity contribution is 7.89. The first-order valence-corrected chi connectivity index (χ1v) is 8.30. The molecule has 0 heterocycles. The number of ether oxygens (including phenoxy) is 1. The quantitative estimate of drug-likeness (QED) is 0.487. The normalized spacial score (nSPS) is 11.5. The van der Waals surface area contributed by atoms with Crippen molar-refractivity contribution in [1.29, 1.82) is 0 Å². The summed E-state index contributed by atoms with van der Waals surface area (Å²) in [5, 5.41) is 0. The molecule has 0 unspecified atom stereocenters. The first-order chi connectivity index (χ1) is 11.3. The Balaban J connectivity index is 2.49. The SMILES string of the molecule is CCOc1c(F)c(F)c(F)c(F)c1S(=O)(=O)NCc1ccccc1. The van der Waals surface area contributed by atoms with Gasteiger partial charge in [-0.05, 0) is 12.5 Å². The third-order valence-corrected chi connectivity index (χ3v) is 4.48. The van der Waals surface area contributed by atoms with E-state index >= 15 is 0 Å². The number of hydrogen-bond acceptors (Lipinski definition) is 3. The summed E-state index contributed by atoms with van der Waals surface area (Å²) in [6.07, 6.45) is 0. The summed E-state index contributed by atoms with van der Waals surface area (Å²) in [7, 11) is -4.70. The summed E-state index contributed by atoms with van der Waals surface area (Å²) >= 11 is 0. The van der Waals surface area contributed by atoms with Crippen LogP contribution in [0.25, 0.3) is 0 Å². The van der Waals surface area contributed by atoms with Gasteiger partial charge in [0.2, 0.25) is 21.7 Å². The smallest absolute Gasteiger partial charge is 0.247 e. The highest BCUT2D eigenvalue weighted by Crippen LogP contribution is 2.34. The molecule has 0 saturated carbocycles. The zero-order valence-corrected chi connectivity index (χ0v) is 13.3. The monoisotopic (exact) mass is 363 g/mol. The minimum absolute atomic E-state index is 0.255. The van der Waals surface area contributed by atoms with Gasteiger partial charge in [0.05, 0.1) is 6.61 Å². The van der Waals surface area contributed by atoms with Crippen LogP contribution in [0.4, 0.5) is 17.6 Å². The van der Waals surface area contributed by atoms with Crippen LogP contribution in [-0.2, 0) is 16.6 Å². The Morgan fingerprint density at radius 2 is 1.54 bits per heavy atom. The van der Waals surface area contributed by atoms with Crippen LogP contribution >= 0.6 is 0 Å². The van der Waals surface area contributed by atoms with Crippen LogP contribution in [0.15, 0.2) is 35.2 Å². The molecule has 0 aliphatic heterocycles. The predicted octanol–water partition coefficient (Wildman–Crippen LogP) is 3.12. The van der Waals surface area contributed by atoms with E-state index in [2.05, 4.69) is 4.74 Å². The number of nitrogens with one attached hydrogen (secondary N) is 1. The Morgan fingerprint density at radius 3 is 2.12 bits per heavy atom. The van der Waals surface area contributed by atoms with Crippen LogP contribution in [0.3, 0.4) is 0 Å². The van der Waals surface area contributed by atoms with E-state index in [-0.39, 0.29) is 13.2 Å². The summed E-state index contributed by atoms with van der Waals surface area (Å²) in [5.41, 5.74) is 0.530. The fourth-order valence-corrected chi connectivity index (χ4v) is 3.17. The van der Waals surface area contributed by atoms with Crippen molar-refractivity contribution in [2.24, 2.45) is 0 Å². The molecule has 0 aliphatic rings. The van der Waals surface area contributed by atoms with Gasteiger partial charge in [-0.1, -0.05) is 30.3 Å². The Labute approximate surface area is 136 Å². The Bertz CT molecular complexity index is 842. The van der Waals surface area contributed by atoms with Crippen LogP contribution in [0, 0.1) is 23.3 Å². The van der Waals surface area contributed by atoms with Crippen molar-refractivity contribution in [3.63, 3.8) is 0 Å². The Hall–Kier alpha value is -2.13. The number of rotatable bonds is 6. The van der Waals surface area contributed by atoms with E-state index in [1.807, 2.05) is 4.72 Å². The third kappa shape index (κ3) is 3.51. The molecule has 2 aromatic carbocycles. The highest BCUT2D eigenvalue weighted by Gasteiger charge is 2.34. The van der Waals surface area contributed by atoms with Crippen molar-refractivity contribution >= 4 is 10.0 Å². The second-order valence-electron chi connectivity index (χ2n) is 4.66. The molecule has 2 aromatic rings. The van der Waals surface area contributed by atoms with Gasteiger partial charge < -0.3 is 4.74 Å². The van der Waals surface area contributed by atoms with Crippen LogP contribution < -0.4 is 9.46 Å². The standard InChI is InChI=1S/C15H13F4NO3S/c1-2-23-14-12(18)10(16)11(17)13(19)15(14)24(21,22)20-8-9-6-4-3-5-7-9/h3-7,20H,2,8H2,1H3.